The molecule has 0 saturated carbocycles. The first-order chi connectivity index (χ1) is 11.9. The van der Waals surface area contributed by atoms with Gasteiger partial charge in [0.2, 0.25) is 0 Å². The molecule has 0 bridgehead atoms. The number of cyclic esters (lactones) is 2. The summed E-state index contributed by atoms with van der Waals surface area (Å²) in [5.74, 6) is -48.6. The fraction of sp³-hybridized carbons (Fsp3) is 0.889. The fourth-order valence-electron chi connectivity index (χ4n) is 1.58. The molecule has 1 rings (SSSR count). The van der Waals surface area contributed by atoms with Crippen LogP contribution in [0.25, 0.3) is 0 Å². The average molecular weight is 460 g/mol. The Morgan fingerprint density at radius 2 is 0.929 bits per heavy atom. The molecule has 19 heteroatoms. The zero-order valence-electron chi connectivity index (χ0n) is 11.8. The molecule has 0 aromatic heterocycles. The van der Waals surface area contributed by atoms with Gasteiger partial charge in [-0.25, -0.2) is 4.79 Å². The zero-order chi connectivity index (χ0) is 23.0. The van der Waals surface area contributed by atoms with Crippen LogP contribution in [0.2, 0.25) is 0 Å². The van der Waals surface area contributed by atoms with Gasteiger partial charge < -0.3 is 9.47 Å². The van der Waals surface area contributed by atoms with Gasteiger partial charge in [-0.05, 0) is 0 Å². The van der Waals surface area contributed by atoms with E-state index in [1.54, 1.807) is 0 Å². The van der Waals surface area contributed by atoms with Gasteiger partial charge in [-0.2, -0.15) is 70.2 Å². The summed E-state index contributed by atoms with van der Waals surface area (Å²) in [6, 6.07) is 0. The lowest BCUT2D eigenvalue weighted by Gasteiger charge is -2.41. The summed E-state index contributed by atoms with van der Waals surface area (Å²) >= 11 is 0. The molecule has 0 radical (unpaired) electrons. The van der Waals surface area contributed by atoms with E-state index in [1.807, 2.05) is 0 Å². The topological polar surface area (TPSA) is 35.5 Å². The van der Waals surface area contributed by atoms with Gasteiger partial charge in [-0.15, -0.1) is 0 Å². The van der Waals surface area contributed by atoms with E-state index in [0.717, 1.165) is 0 Å². The van der Waals surface area contributed by atoms with Gasteiger partial charge in [0.15, 0.2) is 0 Å². The second-order valence-corrected chi connectivity index (χ2v) is 4.94. The minimum Gasteiger partial charge on any atom is -0.381 e. The van der Waals surface area contributed by atoms with Crippen molar-refractivity contribution in [3.8, 4) is 0 Å². The third-order valence-electron chi connectivity index (χ3n) is 3.15. The Balaban J connectivity index is 3.65. The highest BCUT2D eigenvalue weighted by Crippen LogP contribution is 2.64. The molecule has 1 aliphatic heterocycles. The van der Waals surface area contributed by atoms with E-state index in [9.17, 15) is 75.0 Å². The molecule has 0 aromatic rings. The van der Waals surface area contributed by atoms with E-state index >= 15 is 0 Å². The molecule has 1 fully saturated rings. The molecule has 166 valence electrons. The van der Waals surface area contributed by atoms with Crippen LogP contribution < -0.4 is 0 Å². The van der Waals surface area contributed by atoms with Crippen molar-refractivity contribution in [3.63, 3.8) is 0 Å². The lowest BCUT2D eigenvalue weighted by molar-refractivity contribution is -0.469. The number of alkyl halides is 16. The molecule has 0 spiro atoms. The number of carbonyl (C=O) groups excluding carboxylic acids is 1. The lowest BCUT2D eigenvalue weighted by atomic mass is 9.90. The molecule has 3 nitrogen and oxygen atoms in total. The van der Waals surface area contributed by atoms with Crippen molar-refractivity contribution < 1.29 is 84.5 Å². The Bertz CT molecular complexity index is 650. The Kier molecular flexibility index (Phi) is 4.84. The molecular weight excluding hydrogens is 460 g/mol. The van der Waals surface area contributed by atoms with Crippen LogP contribution in [0.15, 0.2) is 0 Å². The summed E-state index contributed by atoms with van der Waals surface area (Å²) in [5.41, 5.74) is 0. The predicted molar refractivity (Wildman–Crippen MR) is 47.1 cm³/mol. The second-order valence-electron chi connectivity index (χ2n) is 4.94. The first kappa shape index (κ1) is 24.2. The highest BCUT2D eigenvalue weighted by atomic mass is 19.4. The smallest absolute Gasteiger partial charge is 0.381 e. The van der Waals surface area contributed by atoms with E-state index in [0.29, 0.717) is 0 Å². The van der Waals surface area contributed by atoms with Crippen molar-refractivity contribution in [2.45, 2.75) is 47.8 Å². The van der Waals surface area contributed by atoms with Gasteiger partial charge in [-0.1, -0.05) is 0 Å². The van der Waals surface area contributed by atoms with Crippen LogP contribution in [-0.2, 0) is 9.47 Å². The molecule has 0 aliphatic carbocycles. The van der Waals surface area contributed by atoms with Crippen molar-refractivity contribution in [1.29, 1.82) is 0 Å². The van der Waals surface area contributed by atoms with Crippen molar-refractivity contribution in [2.24, 2.45) is 0 Å². The monoisotopic (exact) mass is 460 g/mol. The number of halogens is 16. The molecule has 0 aromatic carbocycles. The highest BCUT2D eigenvalue weighted by molar-refractivity contribution is 5.63. The van der Waals surface area contributed by atoms with Crippen LogP contribution in [0.3, 0.4) is 0 Å². The summed E-state index contributed by atoms with van der Waals surface area (Å²) in [6.07, 6.45) is -17.6. The number of hydrogen-bond acceptors (Lipinski definition) is 3. The van der Waals surface area contributed by atoms with Gasteiger partial charge in [0.1, 0.15) is 0 Å². The number of carbonyl (C=O) groups is 1. The van der Waals surface area contributed by atoms with E-state index in [-0.39, 0.29) is 0 Å². The highest BCUT2D eigenvalue weighted by Gasteiger charge is 2.97. The molecular formula is C9F16O3. The molecule has 28 heavy (non-hydrogen) atoms. The first-order valence-electron chi connectivity index (χ1n) is 5.79. The largest absolute Gasteiger partial charge is 0.516 e. The van der Waals surface area contributed by atoms with E-state index in [1.165, 1.54) is 0 Å². The van der Waals surface area contributed by atoms with Gasteiger partial charge in [-0.3, -0.25) is 0 Å². The summed E-state index contributed by atoms with van der Waals surface area (Å²) in [5, 5.41) is 0. The van der Waals surface area contributed by atoms with Crippen LogP contribution in [0.1, 0.15) is 0 Å². The van der Waals surface area contributed by atoms with Crippen molar-refractivity contribution >= 4 is 6.16 Å². The Morgan fingerprint density at radius 3 is 1.21 bits per heavy atom. The maximum Gasteiger partial charge on any atom is 0.516 e. The lowest BCUT2D eigenvalue weighted by Crippen LogP contribution is -2.75. The molecule has 1 unspecified atom stereocenters. The second kappa shape index (κ2) is 5.61. The molecule has 0 N–H and O–H groups in total. The van der Waals surface area contributed by atoms with Crippen LogP contribution in [0.5, 0.6) is 0 Å². The zero-order valence-corrected chi connectivity index (χ0v) is 11.8. The van der Waals surface area contributed by atoms with E-state index < -0.39 is 53.9 Å². The van der Waals surface area contributed by atoms with Crippen LogP contribution in [0, 0.1) is 0 Å². The Morgan fingerprint density at radius 1 is 0.571 bits per heavy atom. The van der Waals surface area contributed by atoms with Crippen molar-refractivity contribution in [2.75, 3.05) is 0 Å². The summed E-state index contributed by atoms with van der Waals surface area (Å²) < 4.78 is 210. The normalized spacial score (nSPS) is 24.8. The van der Waals surface area contributed by atoms with Crippen LogP contribution in [0.4, 0.5) is 75.0 Å². The minimum atomic E-state index is -8.55. The Hall–Kier alpha value is -1.85. The van der Waals surface area contributed by atoms with Gasteiger partial charge in [0.25, 0.3) is 0 Å². The SMILES string of the molecule is O=C1OC(F)(F)C(F)(C(F)(F)C(F)(F)C(F)(F)C(F)(F)C(F)(F)C(F)(F)F)O1. The standard InChI is InChI=1S/C9F16O3/c10-2(11,4(14,15)6(18,19)8(21,22)23)3(12,13)5(16,17)7(20)9(24,25)28-1(26)27-7. The van der Waals surface area contributed by atoms with Gasteiger partial charge in [0, 0.05) is 0 Å². The summed E-state index contributed by atoms with van der Waals surface area (Å²) in [6.45, 7) is 0. The summed E-state index contributed by atoms with van der Waals surface area (Å²) in [7, 11) is 0. The number of rotatable bonds is 5. The van der Waals surface area contributed by atoms with Crippen LogP contribution >= 0.6 is 0 Å². The quantitative estimate of drug-likeness (QED) is 0.421. The summed E-state index contributed by atoms with van der Waals surface area (Å²) in [4.78, 5) is 10.2. The predicted octanol–water partition coefficient (Wildman–Crippen LogP) is 5.15. The Labute approximate surface area is 140 Å². The van der Waals surface area contributed by atoms with Crippen molar-refractivity contribution in [3.05, 3.63) is 0 Å². The molecule has 1 aliphatic rings. The molecule has 1 saturated heterocycles. The maximum absolute atomic E-state index is 13.5. The van der Waals surface area contributed by atoms with Gasteiger partial charge in [0.05, 0.1) is 0 Å². The molecule has 1 heterocycles. The molecule has 1 atom stereocenters. The third kappa shape index (κ3) is 2.56. The van der Waals surface area contributed by atoms with Crippen molar-refractivity contribution in [1.82, 2.24) is 0 Å². The van der Waals surface area contributed by atoms with Crippen LogP contribution in [-0.4, -0.2) is 53.9 Å². The first-order valence-corrected chi connectivity index (χ1v) is 5.79. The third-order valence-corrected chi connectivity index (χ3v) is 3.15. The molecule has 0 amide bonds. The maximum atomic E-state index is 13.5. The van der Waals surface area contributed by atoms with Gasteiger partial charge >= 0.3 is 53.9 Å². The number of ether oxygens (including phenoxy) is 2. The minimum absolute atomic E-state index is 2.28. The van der Waals surface area contributed by atoms with E-state index in [2.05, 4.69) is 9.47 Å². The van der Waals surface area contributed by atoms with E-state index in [4.69, 9.17) is 0 Å². The number of hydrogen-bond donors (Lipinski definition) is 0. The fourth-order valence-corrected chi connectivity index (χ4v) is 1.58. The average Bonchev–Trinajstić information content (AvgIpc) is 2.65.